The fourth-order valence-electron chi connectivity index (χ4n) is 3.39. The zero-order valence-corrected chi connectivity index (χ0v) is 12.9. The van der Waals surface area contributed by atoms with Crippen molar-refractivity contribution < 1.29 is 14.3 Å². The van der Waals surface area contributed by atoms with Crippen LogP contribution >= 0.6 is 0 Å². The molecule has 0 bridgehead atoms. The first kappa shape index (κ1) is 14.1. The summed E-state index contributed by atoms with van der Waals surface area (Å²) in [5, 5.41) is 3.07. The number of amides is 1. The third kappa shape index (κ3) is 2.77. The standard InChI is InChI=1S/C19H19NO3/c21-19(16-7-3-5-14-4-1-2-6-15(14)16)20-11-13-8-9-17-18(10-13)23-12-22-17/h1-2,4,6,8-10,16H,3,5,7,11-12H2,(H,20,21). The molecule has 0 aromatic heterocycles. The summed E-state index contributed by atoms with van der Waals surface area (Å²) in [6.07, 6.45) is 3.06. The number of hydrogen-bond donors (Lipinski definition) is 1. The van der Waals surface area contributed by atoms with Crippen LogP contribution in [0.15, 0.2) is 42.5 Å². The maximum atomic E-state index is 12.6. The van der Waals surface area contributed by atoms with Crippen molar-refractivity contribution in [1.82, 2.24) is 5.32 Å². The van der Waals surface area contributed by atoms with Crippen molar-refractivity contribution in [2.45, 2.75) is 31.7 Å². The van der Waals surface area contributed by atoms with Gasteiger partial charge in [0.05, 0.1) is 5.92 Å². The van der Waals surface area contributed by atoms with Gasteiger partial charge in [-0.1, -0.05) is 30.3 Å². The monoisotopic (exact) mass is 309 g/mol. The van der Waals surface area contributed by atoms with Gasteiger partial charge in [-0.05, 0) is 48.1 Å². The molecule has 1 N–H and O–H groups in total. The number of benzene rings is 2. The number of ether oxygens (including phenoxy) is 2. The number of hydrogen-bond acceptors (Lipinski definition) is 3. The van der Waals surface area contributed by atoms with Crippen LogP contribution in [0.1, 0.15) is 35.4 Å². The molecule has 4 rings (SSSR count). The van der Waals surface area contributed by atoms with Crippen LogP contribution in [0.3, 0.4) is 0 Å². The van der Waals surface area contributed by atoms with Crippen LogP contribution in [-0.4, -0.2) is 12.7 Å². The third-order valence-corrected chi connectivity index (χ3v) is 4.59. The SMILES string of the molecule is O=C(NCc1ccc2c(c1)OCO2)C1CCCc2ccccc21. The molecule has 2 aromatic rings. The van der Waals surface area contributed by atoms with Gasteiger partial charge in [0.25, 0.3) is 0 Å². The summed E-state index contributed by atoms with van der Waals surface area (Å²) in [7, 11) is 0. The lowest BCUT2D eigenvalue weighted by molar-refractivity contribution is -0.123. The van der Waals surface area contributed by atoms with Gasteiger partial charge < -0.3 is 14.8 Å². The van der Waals surface area contributed by atoms with Gasteiger partial charge in [-0.3, -0.25) is 4.79 Å². The Bertz CT molecular complexity index is 741. The minimum atomic E-state index is -0.0334. The molecule has 2 aromatic carbocycles. The maximum absolute atomic E-state index is 12.6. The molecule has 0 radical (unpaired) electrons. The summed E-state index contributed by atoms with van der Waals surface area (Å²) in [4.78, 5) is 12.6. The van der Waals surface area contributed by atoms with E-state index in [1.54, 1.807) is 0 Å². The third-order valence-electron chi connectivity index (χ3n) is 4.59. The molecule has 1 atom stereocenters. The summed E-state index contributed by atoms with van der Waals surface area (Å²) in [6, 6.07) is 14.1. The molecule has 1 heterocycles. The largest absolute Gasteiger partial charge is 0.454 e. The molecule has 118 valence electrons. The molecule has 0 spiro atoms. The topological polar surface area (TPSA) is 47.6 Å². The highest BCUT2D eigenvalue weighted by molar-refractivity contribution is 5.84. The number of carbonyl (C=O) groups excluding carboxylic acids is 1. The van der Waals surface area contributed by atoms with Crippen molar-refractivity contribution >= 4 is 5.91 Å². The van der Waals surface area contributed by atoms with Gasteiger partial charge in [0.15, 0.2) is 11.5 Å². The Morgan fingerprint density at radius 2 is 2.00 bits per heavy atom. The van der Waals surface area contributed by atoms with E-state index < -0.39 is 0 Å². The van der Waals surface area contributed by atoms with E-state index in [-0.39, 0.29) is 18.6 Å². The van der Waals surface area contributed by atoms with Gasteiger partial charge in [-0.15, -0.1) is 0 Å². The molecule has 1 aliphatic carbocycles. The van der Waals surface area contributed by atoms with E-state index in [0.29, 0.717) is 6.54 Å². The fraction of sp³-hybridized carbons (Fsp3) is 0.316. The normalized spacial score (nSPS) is 18.3. The first-order chi connectivity index (χ1) is 11.3. The maximum Gasteiger partial charge on any atom is 0.231 e. The van der Waals surface area contributed by atoms with E-state index in [2.05, 4.69) is 17.4 Å². The number of fused-ring (bicyclic) bond motifs is 2. The Hall–Kier alpha value is -2.49. The Morgan fingerprint density at radius 3 is 2.96 bits per heavy atom. The number of nitrogens with one attached hydrogen (secondary N) is 1. The summed E-state index contributed by atoms with van der Waals surface area (Å²) >= 11 is 0. The predicted molar refractivity (Wildman–Crippen MR) is 86.5 cm³/mol. The molecule has 0 saturated heterocycles. The van der Waals surface area contributed by atoms with E-state index in [4.69, 9.17) is 9.47 Å². The van der Waals surface area contributed by atoms with Gasteiger partial charge in [-0.2, -0.15) is 0 Å². The molecule has 1 amide bonds. The molecule has 0 saturated carbocycles. The fourth-order valence-corrected chi connectivity index (χ4v) is 3.39. The molecule has 0 fully saturated rings. The second kappa shape index (κ2) is 5.95. The zero-order chi connectivity index (χ0) is 15.6. The molecular formula is C19H19NO3. The van der Waals surface area contributed by atoms with Crippen molar-refractivity contribution in [3.8, 4) is 11.5 Å². The van der Waals surface area contributed by atoms with Crippen LogP contribution in [0.5, 0.6) is 11.5 Å². The molecule has 2 aliphatic rings. The number of carbonyl (C=O) groups is 1. The Labute approximate surface area is 135 Å². The lowest BCUT2D eigenvalue weighted by Crippen LogP contribution is -2.31. The second-order valence-electron chi connectivity index (χ2n) is 6.05. The Kier molecular flexibility index (Phi) is 3.66. The Morgan fingerprint density at radius 1 is 1.13 bits per heavy atom. The van der Waals surface area contributed by atoms with Gasteiger partial charge in [0.2, 0.25) is 12.7 Å². The lowest BCUT2D eigenvalue weighted by Gasteiger charge is -2.24. The second-order valence-corrected chi connectivity index (χ2v) is 6.05. The lowest BCUT2D eigenvalue weighted by atomic mass is 9.82. The van der Waals surface area contributed by atoms with Gasteiger partial charge in [0, 0.05) is 6.54 Å². The van der Waals surface area contributed by atoms with Crippen LogP contribution < -0.4 is 14.8 Å². The van der Waals surface area contributed by atoms with E-state index in [0.717, 1.165) is 36.3 Å². The highest BCUT2D eigenvalue weighted by atomic mass is 16.7. The van der Waals surface area contributed by atoms with E-state index >= 15 is 0 Å². The van der Waals surface area contributed by atoms with Crippen LogP contribution in [0.2, 0.25) is 0 Å². The van der Waals surface area contributed by atoms with Crippen molar-refractivity contribution in [1.29, 1.82) is 0 Å². The highest BCUT2D eigenvalue weighted by Gasteiger charge is 2.26. The number of aryl methyl sites for hydroxylation is 1. The number of rotatable bonds is 3. The minimum absolute atomic E-state index is 0.0334. The van der Waals surface area contributed by atoms with E-state index in [1.807, 2.05) is 30.3 Å². The average Bonchev–Trinajstić information content (AvgIpc) is 3.07. The van der Waals surface area contributed by atoms with Crippen LogP contribution in [0.4, 0.5) is 0 Å². The Balaban J connectivity index is 1.45. The van der Waals surface area contributed by atoms with Gasteiger partial charge in [0.1, 0.15) is 0 Å². The molecule has 4 nitrogen and oxygen atoms in total. The summed E-state index contributed by atoms with van der Waals surface area (Å²) in [5.41, 5.74) is 3.51. The first-order valence-corrected chi connectivity index (χ1v) is 8.05. The van der Waals surface area contributed by atoms with Crippen molar-refractivity contribution in [3.05, 3.63) is 59.2 Å². The zero-order valence-electron chi connectivity index (χ0n) is 12.9. The van der Waals surface area contributed by atoms with Gasteiger partial charge in [-0.25, -0.2) is 0 Å². The highest BCUT2D eigenvalue weighted by Crippen LogP contribution is 2.33. The first-order valence-electron chi connectivity index (χ1n) is 8.05. The molecule has 23 heavy (non-hydrogen) atoms. The van der Waals surface area contributed by atoms with Crippen LogP contribution in [-0.2, 0) is 17.8 Å². The molecular weight excluding hydrogens is 290 g/mol. The molecule has 4 heteroatoms. The average molecular weight is 309 g/mol. The minimum Gasteiger partial charge on any atom is -0.454 e. The van der Waals surface area contributed by atoms with Crippen LogP contribution in [0, 0.1) is 0 Å². The van der Waals surface area contributed by atoms with Crippen molar-refractivity contribution in [2.75, 3.05) is 6.79 Å². The smallest absolute Gasteiger partial charge is 0.231 e. The van der Waals surface area contributed by atoms with Crippen molar-refractivity contribution in [2.24, 2.45) is 0 Å². The van der Waals surface area contributed by atoms with Gasteiger partial charge >= 0.3 is 0 Å². The van der Waals surface area contributed by atoms with E-state index in [1.165, 1.54) is 11.1 Å². The molecule has 1 aliphatic heterocycles. The van der Waals surface area contributed by atoms with Crippen LogP contribution in [0.25, 0.3) is 0 Å². The predicted octanol–water partition coefficient (Wildman–Crippen LogP) is 3.15. The summed E-state index contributed by atoms with van der Waals surface area (Å²) < 4.78 is 10.7. The summed E-state index contributed by atoms with van der Waals surface area (Å²) in [6.45, 7) is 0.776. The van der Waals surface area contributed by atoms with E-state index in [9.17, 15) is 4.79 Å². The molecule has 1 unspecified atom stereocenters. The van der Waals surface area contributed by atoms with Crippen molar-refractivity contribution in [3.63, 3.8) is 0 Å². The summed E-state index contributed by atoms with van der Waals surface area (Å²) in [5.74, 6) is 1.59. The quantitative estimate of drug-likeness (QED) is 0.947.